The maximum Gasteiger partial charge on any atom is 0.470 e. The van der Waals surface area contributed by atoms with Crippen molar-refractivity contribution in [3.05, 3.63) is 65.6 Å². The van der Waals surface area contributed by atoms with E-state index < -0.39 is 35.6 Å². The van der Waals surface area contributed by atoms with Crippen molar-refractivity contribution >= 4 is 11.7 Å². The summed E-state index contributed by atoms with van der Waals surface area (Å²) in [4.78, 5) is 15.9. The Balaban J connectivity index is 1.61. The van der Waals surface area contributed by atoms with Gasteiger partial charge < -0.3 is 14.1 Å². The standard InChI is InChI=1S/C21H17F5N4O3/c22-15-2-1-3-16(11-15)30(20(31)29-6-8-32-9-7-29)12-14-5-4-13(10-17(14)23)18-27-28-19(33-18)21(24,25)26/h1-5,10-11H,6-9,12H2. The molecule has 4 rings (SSSR count). The Morgan fingerprint density at radius 3 is 2.45 bits per heavy atom. The Kier molecular flexibility index (Phi) is 6.27. The predicted molar refractivity (Wildman–Crippen MR) is 105 cm³/mol. The number of halogens is 5. The molecule has 2 aromatic carbocycles. The van der Waals surface area contributed by atoms with Gasteiger partial charge in [0, 0.05) is 29.9 Å². The minimum Gasteiger partial charge on any atom is -0.413 e. The van der Waals surface area contributed by atoms with Crippen molar-refractivity contribution in [2.45, 2.75) is 12.7 Å². The molecule has 0 saturated carbocycles. The third-order valence-electron chi connectivity index (χ3n) is 4.93. The number of carbonyl (C=O) groups is 1. The molecule has 0 radical (unpaired) electrons. The molecule has 2 heterocycles. The highest BCUT2D eigenvalue weighted by atomic mass is 19.4. The highest BCUT2D eigenvalue weighted by Gasteiger charge is 2.38. The Bertz CT molecular complexity index is 1140. The van der Waals surface area contributed by atoms with Crippen molar-refractivity contribution < 1.29 is 35.9 Å². The van der Waals surface area contributed by atoms with Gasteiger partial charge in [0.15, 0.2) is 0 Å². The maximum atomic E-state index is 14.9. The number of hydrogen-bond acceptors (Lipinski definition) is 5. The summed E-state index contributed by atoms with van der Waals surface area (Å²) in [5.41, 5.74) is 0.220. The molecule has 12 heteroatoms. The van der Waals surface area contributed by atoms with Gasteiger partial charge in [0.2, 0.25) is 5.89 Å². The molecule has 2 amide bonds. The molecule has 1 aromatic heterocycles. The van der Waals surface area contributed by atoms with E-state index in [1.165, 1.54) is 40.1 Å². The first-order valence-corrected chi connectivity index (χ1v) is 9.81. The highest BCUT2D eigenvalue weighted by Crippen LogP contribution is 2.31. The van der Waals surface area contributed by atoms with Crippen LogP contribution in [0.25, 0.3) is 11.5 Å². The minimum atomic E-state index is -4.82. The number of alkyl halides is 3. The van der Waals surface area contributed by atoms with Crippen LogP contribution in [0.4, 0.5) is 32.4 Å². The van der Waals surface area contributed by atoms with Gasteiger partial charge in [-0.05, 0) is 30.3 Å². The van der Waals surface area contributed by atoms with Crippen molar-refractivity contribution in [2.75, 3.05) is 31.2 Å². The van der Waals surface area contributed by atoms with Crippen LogP contribution in [-0.4, -0.2) is 47.4 Å². The highest BCUT2D eigenvalue weighted by molar-refractivity contribution is 5.92. The van der Waals surface area contributed by atoms with Gasteiger partial charge in [-0.3, -0.25) is 4.90 Å². The number of nitrogens with zero attached hydrogens (tertiary/aromatic N) is 4. The smallest absolute Gasteiger partial charge is 0.413 e. The molecule has 0 aliphatic carbocycles. The molecule has 7 nitrogen and oxygen atoms in total. The lowest BCUT2D eigenvalue weighted by atomic mass is 10.1. The zero-order valence-electron chi connectivity index (χ0n) is 17.0. The number of urea groups is 1. The van der Waals surface area contributed by atoms with Gasteiger partial charge >= 0.3 is 18.1 Å². The summed E-state index contributed by atoms with van der Waals surface area (Å²) in [7, 11) is 0. The van der Waals surface area contributed by atoms with Crippen LogP contribution in [0.15, 0.2) is 46.9 Å². The lowest BCUT2D eigenvalue weighted by molar-refractivity contribution is -0.156. The lowest BCUT2D eigenvalue weighted by Gasteiger charge is -2.33. The maximum absolute atomic E-state index is 14.9. The van der Waals surface area contributed by atoms with Crippen LogP contribution in [-0.2, 0) is 17.5 Å². The first-order valence-electron chi connectivity index (χ1n) is 9.81. The monoisotopic (exact) mass is 468 g/mol. The first-order chi connectivity index (χ1) is 15.7. The fourth-order valence-corrected chi connectivity index (χ4v) is 3.27. The van der Waals surface area contributed by atoms with Crippen LogP contribution in [0.3, 0.4) is 0 Å². The van der Waals surface area contributed by atoms with E-state index in [1.54, 1.807) is 0 Å². The van der Waals surface area contributed by atoms with E-state index in [9.17, 15) is 26.7 Å². The summed E-state index contributed by atoms with van der Waals surface area (Å²) in [6, 6.07) is 8.39. The number of benzene rings is 2. The quantitative estimate of drug-likeness (QED) is 0.528. The van der Waals surface area contributed by atoms with Gasteiger partial charge in [-0.15, -0.1) is 10.2 Å². The second-order valence-corrected chi connectivity index (χ2v) is 7.16. The van der Waals surface area contributed by atoms with Gasteiger partial charge in [0.25, 0.3) is 0 Å². The summed E-state index contributed by atoms with van der Waals surface area (Å²) in [5.74, 6) is -3.43. The Morgan fingerprint density at radius 2 is 1.82 bits per heavy atom. The number of amides is 2. The number of rotatable bonds is 4. The molecule has 3 aromatic rings. The molecule has 0 N–H and O–H groups in total. The third-order valence-corrected chi connectivity index (χ3v) is 4.93. The van der Waals surface area contributed by atoms with Crippen LogP contribution in [0.5, 0.6) is 0 Å². The number of carbonyl (C=O) groups excluding carboxylic acids is 1. The second-order valence-electron chi connectivity index (χ2n) is 7.16. The molecule has 0 atom stereocenters. The first kappa shape index (κ1) is 22.6. The number of anilines is 1. The van der Waals surface area contributed by atoms with Crippen molar-refractivity contribution in [1.29, 1.82) is 0 Å². The zero-order valence-corrected chi connectivity index (χ0v) is 17.0. The van der Waals surface area contributed by atoms with Crippen molar-refractivity contribution in [1.82, 2.24) is 15.1 Å². The van der Waals surface area contributed by atoms with Crippen LogP contribution in [0.1, 0.15) is 11.5 Å². The molecule has 1 aliphatic heterocycles. The molecule has 33 heavy (non-hydrogen) atoms. The normalized spacial score (nSPS) is 14.4. The van der Waals surface area contributed by atoms with Gasteiger partial charge in [-0.1, -0.05) is 12.1 Å². The molecule has 1 fully saturated rings. The average Bonchev–Trinajstić information content (AvgIpc) is 3.29. The second kappa shape index (κ2) is 9.14. The van der Waals surface area contributed by atoms with E-state index in [0.29, 0.717) is 26.3 Å². The summed E-state index contributed by atoms with van der Waals surface area (Å²) in [5, 5.41) is 6.22. The van der Waals surface area contributed by atoms with Crippen LogP contribution in [0, 0.1) is 11.6 Å². The SMILES string of the molecule is O=C(N1CCOCC1)N(Cc1ccc(-c2nnc(C(F)(F)F)o2)cc1F)c1cccc(F)c1. The minimum absolute atomic E-state index is 0.0557. The average molecular weight is 468 g/mol. The van der Waals surface area contributed by atoms with Crippen molar-refractivity contribution in [2.24, 2.45) is 0 Å². The fraction of sp³-hybridized carbons (Fsp3) is 0.286. The molecule has 174 valence electrons. The number of hydrogen-bond donors (Lipinski definition) is 0. The zero-order chi connectivity index (χ0) is 23.6. The van der Waals surface area contributed by atoms with Crippen LogP contribution in [0.2, 0.25) is 0 Å². The van der Waals surface area contributed by atoms with E-state index in [0.717, 1.165) is 12.1 Å². The summed E-state index contributed by atoms with van der Waals surface area (Å²) < 4.78 is 76.6. The lowest BCUT2D eigenvalue weighted by Crippen LogP contribution is -2.48. The van der Waals surface area contributed by atoms with Gasteiger partial charge in [-0.25, -0.2) is 13.6 Å². The summed E-state index contributed by atoms with van der Waals surface area (Å²) >= 11 is 0. The molecular weight excluding hydrogens is 451 g/mol. The van der Waals surface area contributed by atoms with E-state index in [4.69, 9.17) is 4.74 Å². The van der Waals surface area contributed by atoms with Crippen LogP contribution >= 0.6 is 0 Å². The Hall–Kier alpha value is -3.54. The number of morpholine rings is 1. The van der Waals surface area contributed by atoms with Gasteiger partial charge in [0.05, 0.1) is 19.8 Å². The van der Waals surface area contributed by atoms with Gasteiger partial charge in [-0.2, -0.15) is 13.2 Å². The summed E-state index contributed by atoms with van der Waals surface area (Å²) in [6.45, 7) is 1.09. The number of aromatic nitrogens is 2. The molecule has 0 bridgehead atoms. The Morgan fingerprint density at radius 1 is 1.06 bits per heavy atom. The Labute approximate surface area is 184 Å². The molecule has 0 unspecified atom stereocenters. The van der Waals surface area contributed by atoms with E-state index in [1.807, 2.05) is 0 Å². The molecular formula is C21H17F5N4O3. The van der Waals surface area contributed by atoms with E-state index >= 15 is 0 Å². The molecule has 1 aliphatic rings. The summed E-state index contributed by atoms with van der Waals surface area (Å²) in [6.07, 6.45) is -4.82. The topological polar surface area (TPSA) is 71.7 Å². The largest absolute Gasteiger partial charge is 0.470 e. The van der Waals surface area contributed by atoms with E-state index in [2.05, 4.69) is 14.6 Å². The van der Waals surface area contributed by atoms with E-state index in [-0.39, 0.29) is 23.4 Å². The van der Waals surface area contributed by atoms with Crippen molar-refractivity contribution in [3.63, 3.8) is 0 Å². The van der Waals surface area contributed by atoms with Crippen LogP contribution < -0.4 is 4.90 Å². The van der Waals surface area contributed by atoms with Crippen molar-refractivity contribution in [3.8, 4) is 11.5 Å². The predicted octanol–water partition coefficient (Wildman–Crippen LogP) is 4.49. The fourth-order valence-electron chi connectivity index (χ4n) is 3.27. The number of ether oxygens (including phenoxy) is 1. The molecule has 1 saturated heterocycles. The molecule has 0 spiro atoms. The van der Waals surface area contributed by atoms with Gasteiger partial charge in [0.1, 0.15) is 11.6 Å². The third kappa shape index (κ3) is 5.11.